The number of hydrogen-bond donors (Lipinski definition) is 2. The Hall–Kier alpha value is -3.02. The predicted octanol–water partition coefficient (Wildman–Crippen LogP) is 2.46. The Balaban J connectivity index is 1.47. The largest absolute Gasteiger partial charge is 0.454 e. The molecule has 0 saturated carbocycles. The summed E-state index contributed by atoms with van der Waals surface area (Å²) in [5, 5.41) is 5.51. The van der Waals surface area contributed by atoms with Crippen LogP contribution in [0.1, 0.15) is 35.2 Å². The summed E-state index contributed by atoms with van der Waals surface area (Å²) in [6.07, 6.45) is 0.924. The number of nitrogens with one attached hydrogen (secondary N) is 2. The van der Waals surface area contributed by atoms with Crippen molar-refractivity contribution in [3.05, 3.63) is 59.7 Å². The van der Waals surface area contributed by atoms with Gasteiger partial charge in [0.05, 0.1) is 6.54 Å². The van der Waals surface area contributed by atoms with Crippen molar-refractivity contribution in [3.8, 4) is 11.5 Å². The summed E-state index contributed by atoms with van der Waals surface area (Å²) in [6, 6.07) is 15.0. The summed E-state index contributed by atoms with van der Waals surface area (Å²) >= 11 is 0. The van der Waals surface area contributed by atoms with E-state index in [1.807, 2.05) is 18.2 Å². The Labute approximate surface area is 152 Å². The first kappa shape index (κ1) is 17.8. The zero-order valence-corrected chi connectivity index (χ0v) is 14.7. The van der Waals surface area contributed by atoms with Gasteiger partial charge in [-0.1, -0.05) is 37.3 Å². The second-order valence-corrected chi connectivity index (χ2v) is 6.07. The normalized spacial score (nSPS) is 13.1. The van der Waals surface area contributed by atoms with Crippen molar-refractivity contribution in [2.24, 2.45) is 0 Å². The lowest BCUT2D eigenvalue weighted by atomic mass is 9.96. The average molecular weight is 354 g/mol. The van der Waals surface area contributed by atoms with Crippen molar-refractivity contribution in [1.82, 2.24) is 10.6 Å². The number of carbonyl (C=O) groups excluding carboxylic acids is 2. The number of amides is 2. The van der Waals surface area contributed by atoms with Gasteiger partial charge in [-0.25, -0.2) is 0 Å². The molecular formula is C20H22N2O4. The van der Waals surface area contributed by atoms with Gasteiger partial charge >= 0.3 is 0 Å². The maximum atomic E-state index is 12.2. The highest BCUT2D eigenvalue weighted by Crippen LogP contribution is 2.32. The van der Waals surface area contributed by atoms with Crippen molar-refractivity contribution in [1.29, 1.82) is 0 Å². The molecule has 1 heterocycles. The van der Waals surface area contributed by atoms with E-state index in [-0.39, 0.29) is 31.1 Å². The topological polar surface area (TPSA) is 76.7 Å². The SMILES string of the molecule is CCC(CNC(=O)CNC(=O)c1ccc2c(c1)OCO2)c1ccccc1. The smallest absolute Gasteiger partial charge is 0.251 e. The molecule has 1 aliphatic heterocycles. The average Bonchev–Trinajstić information content (AvgIpc) is 3.15. The molecule has 3 rings (SSSR count). The fraction of sp³-hybridized carbons (Fsp3) is 0.300. The van der Waals surface area contributed by atoms with Crippen molar-refractivity contribution >= 4 is 11.8 Å². The quantitative estimate of drug-likeness (QED) is 0.801. The summed E-state index contributed by atoms with van der Waals surface area (Å²) < 4.78 is 10.5. The molecule has 1 aliphatic rings. The van der Waals surface area contributed by atoms with E-state index in [1.165, 1.54) is 5.56 Å². The number of fused-ring (bicyclic) bond motifs is 1. The molecule has 0 bridgehead atoms. The molecule has 2 aromatic carbocycles. The van der Waals surface area contributed by atoms with Crippen LogP contribution < -0.4 is 20.1 Å². The van der Waals surface area contributed by atoms with Crippen LogP contribution in [0.15, 0.2) is 48.5 Å². The van der Waals surface area contributed by atoms with Crippen LogP contribution >= 0.6 is 0 Å². The van der Waals surface area contributed by atoms with Gasteiger partial charge in [-0.15, -0.1) is 0 Å². The number of hydrogen-bond acceptors (Lipinski definition) is 4. The van der Waals surface area contributed by atoms with Gasteiger partial charge in [0, 0.05) is 18.0 Å². The maximum absolute atomic E-state index is 12.2. The van der Waals surface area contributed by atoms with Crippen molar-refractivity contribution in [2.75, 3.05) is 19.9 Å². The van der Waals surface area contributed by atoms with Gasteiger partial charge in [0.1, 0.15) is 0 Å². The van der Waals surface area contributed by atoms with Gasteiger partial charge in [0.25, 0.3) is 5.91 Å². The Morgan fingerprint density at radius 2 is 1.81 bits per heavy atom. The second-order valence-electron chi connectivity index (χ2n) is 6.07. The van der Waals surface area contributed by atoms with E-state index in [9.17, 15) is 9.59 Å². The molecule has 2 aromatic rings. The van der Waals surface area contributed by atoms with E-state index in [2.05, 4.69) is 29.7 Å². The zero-order chi connectivity index (χ0) is 18.4. The molecule has 26 heavy (non-hydrogen) atoms. The first-order valence-electron chi connectivity index (χ1n) is 8.67. The van der Waals surface area contributed by atoms with Crippen LogP contribution in [0.5, 0.6) is 11.5 Å². The van der Waals surface area contributed by atoms with Crippen LogP contribution in [0, 0.1) is 0 Å². The minimum absolute atomic E-state index is 0.0709. The standard InChI is InChI=1S/C20H22N2O4/c1-2-14(15-6-4-3-5-7-15)11-21-19(23)12-22-20(24)16-8-9-17-18(10-16)26-13-25-17/h3-10,14H,2,11-13H2,1H3,(H,21,23)(H,22,24). The fourth-order valence-corrected chi connectivity index (χ4v) is 2.82. The summed E-state index contributed by atoms with van der Waals surface area (Å²) in [6.45, 7) is 2.71. The molecular weight excluding hydrogens is 332 g/mol. The molecule has 1 unspecified atom stereocenters. The molecule has 0 aliphatic carbocycles. The van der Waals surface area contributed by atoms with Crippen molar-refractivity contribution in [2.45, 2.75) is 19.3 Å². The lowest BCUT2D eigenvalue weighted by Gasteiger charge is -2.16. The van der Waals surface area contributed by atoms with E-state index in [0.717, 1.165) is 6.42 Å². The van der Waals surface area contributed by atoms with Gasteiger partial charge in [-0.2, -0.15) is 0 Å². The van der Waals surface area contributed by atoms with E-state index in [4.69, 9.17) is 9.47 Å². The Kier molecular flexibility index (Phi) is 5.73. The van der Waals surface area contributed by atoms with Gasteiger partial charge in [0.2, 0.25) is 12.7 Å². The van der Waals surface area contributed by atoms with Gasteiger partial charge in [-0.3, -0.25) is 9.59 Å². The van der Waals surface area contributed by atoms with Crippen LogP contribution in [-0.4, -0.2) is 31.7 Å². The first-order valence-corrected chi connectivity index (χ1v) is 8.67. The van der Waals surface area contributed by atoms with Crippen molar-refractivity contribution < 1.29 is 19.1 Å². The van der Waals surface area contributed by atoms with Crippen LogP contribution in [0.25, 0.3) is 0 Å². The highest BCUT2D eigenvalue weighted by molar-refractivity contribution is 5.97. The third kappa shape index (κ3) is 4.33. The summed E-state index contributed by atoms with van der Waals surface area (Å²) in [5.41, 5.74) is 1.62. The van der Waals surface area contributed by atoms with Crippen LogP contribution in [0.4, 0.5) is 0 Å². The number of ether oxygens (including phenoxy) is 2. The molecule has 0 fully saturated rings. The van der Waals surface area contributed by atoms with Crippen molar-refractivity contribution in [3.63, 3.8) is 0 Å². The second kappa shape index (κ2) is 8.38. The Morgan fingerprint density at radius 3 is 2.58 bits per heavy atom. The third-order valence-electron chi connectivity index (χ3n) is 4.35. The highest BCUT2D eigenvalue weighted by atomic mass is 16.7. The maximum Gasteiger partial charge on any atom is 0.251 e. The Morgan fingerprint density at radius 1 is 1.04 bits per heavy atom. The lowest BCUT2D eigenvalue weighted by Crippen LogP contribution is -2.38. The predicted molar refractivity (Wildman–Crippen MR) is 97.4 cm³/mol. The molecule has 1 atom stereocenters. The molecule has 6 heteroatoms. The minimum Gasteiger partial charge on any atom is -0.454 e. The molecule has 6 nitrogen and oxygen atoms in total. The number of rotatable bonds is 7. The third-order valence-corrected chi connectivity index (χ3v) is 4.35. The van der Waals surface area contributed by atoms with E-state index in [1.54, 1.807) is 18.2 Å². The highest BCUT2D eigenvalue weighted by Gasteiger charge is 2.17. The van der Waals surface area contributed by atoms with E-state index in [0.29, 0.717) is 23.6 Å². The van der Waals surface area contributed by atoms with Gasteiger partial charge in [-0.05, 0) is 30.2 Å². The molecule has 0 radical (unpaired) electrons. The summed E-state index contributed by atoms with van der Waals surface area (Å²) in [4.78, 5) is 24.2. The molecule has 2 amide bonds. The molecule has 0 spiro atoms. The number of carbonyl (C=O) groups is 2. The summed E-state index contributed by atoms with van der Waals surface area (Å²) in [7, 11) is 0. The molecule has 0 aromatic heterocycles. The van der Waals surface area contributed by atoms with Crippen LogP contribution in [0.3, 0.4) is 0 Å². The molecule has 0 saturated heterocycles. The first-order chi connectivity index (χ1) is 12.7. The fourth-order valence-electron chi connectivity index (χ4n) is 2.82. The van der Waals surface area contributed by atoms with Crippen LogP contribution in [-0.2, 0) is 4.79 Å². The monoisotopic (exact) mass is 354 g/mol. The molecule has 136 valence electrons. The minimum atomic E-state index is -0.325. The van der Waals surface area contributed by atoms with Gasteiger partial charge < -0.3 is 20.1 Å². The molecule has 2 N–H and O–H groups in total. The number of benzene rings is 2. The van der Waals surface area contributed by atoms with E-state index < -0.39 is 0 Å². The van der Waals surface area contributed by atoms with Crippen LogP contribution in [0.2, 0.25) is 0 Å². The van der Waals surface area contributed by atoms with E-state index >= 15 is 0 Å². The lowest BCUT2D eigenvalue weighted by molar-refractivity contribution is -0.120. The zero-order valence-electron chi connectivity index (χ0n) is 14.7. The Bertz CT molecular complexity index is 777. The summed E-state index contributed by atoms with van der Waals surface area (Å²) in [5.74, 6) is 0.869. The van der Waals surface area contributed by atoms with Gasteiger partial charge in [0.15, 0.2) is 11.5 Å².